The van der Waals surface area contributed by atoms with Gasteiger partial charge in [-0.05, 0) is 17.7 Å². The van der Waals surface area contributed by atoms with Gasteiger partial charge in [0.2, 0.25) is 5.91 Å². The summed E-state index contributed by atoms with van der Waals surface area (Å²) in [4.78, 5) is 22.2. The normalized spacial score (nSPS) is 18.9. The minimum absolute atomic E-state index is 0.0311. The lowest BCUT2D eigenvalue weighted by atomic mass is 9.94. The monoisotopic (exact) mass is 337 g/mol. The van der Waals surface area contributed by atoms with Gasteiger partial charge in [-0.15, -0.1) is 0 Å². The van der Waals surface area contributed by atoms with Crippen LogP contribution in [0, 0.1) is 0 Å². The number of benzene rings is 1. The molecule has 0 saturated carbocycles. The van der Waals surface area contributed by atoms with Crippen LogP contribution in [0.15, 0.2) is 18.2 Å². The van der Waals surface area contributed by atoms with Crippen molar-refractivity contribution < 1.29 is 35.4 Å². The van der Waals surface area contributed by atoms with Crippen molar-refractivity contribution in [2.45, 2.75) is 17.8 Å². The van der Waals surface area contributed by atoms with Crippen molar-refractivity contribution in [3.8, 4) is 5.75 Å². The topological polar surface area (TPSA) is 89.5 Å². The van der Waals surface area contributed by atoms with Gasteiger partial charge in [-0.1, -0.05) is 6.07 Å². The molecule has 2 rings (SSSR count). The lowest BCUT2D eigenvalue weighted by molar-refractivity contribution is -0.119. The molecule has 0 bridgehead atoms. The number of carbonyl (C=O) groups excluding carboxylic acids is 2. The second-order valence-electron chi connectivity index (χ2n) is 4.60. The van der Waals surface area contributed by atoms with Crippen molar-refractivity contribution >= 4 is 22.3 Å². The molecule has 1 N–H and O–H groups in total. The van der Waals surface area contributed by atoms with Crippen molar-refractivity contribution in [2.24, 2.45) is 0 Å². The number of hydrogen-bond donors (Lipinski definition) is 1. The Balaban J connectivity index is 2.30. The molecule has 1 saturated heterocycles. The number of nitrogens with one attached hydrogen (secondary N) is 1. The average Bonchev–Trinajstić information content (AvgIpc) is 2.83. The second-order valence-corrected chi connectivity index (χ2v) is 6.13. The molecular formula is C12H10F3NO5S. The largest absolute Gasteiger partial charge is 0.534 e. The predicted molar refractivity (Wildman–Crippen MR) is 67.8 cm³/mol. The summed E-state index contributed by atoms with van der Waals surface area (Å²) in [6, 6.07) is 3.18. The number of rotatable bonds is 4. The summed E-state index contributed by atoms with van der Waals surface area (Å²) in [5.74, 6) is -1.14. The molecule has 1 aliphatic heterocycles. The average molecular weight is 337 g/mol. The summed E-state index contributed by atoms with van der Waals surface area (Å²) >= 11 is 0. The minimum Gasteiger partial charge on any atom is -0.376 e. The summed E-state index contributed by atoms with van der Waals surface area (Å²) in [6.07, 6.45) is 0.507. The molecule has 1 aromatic rings. The highest BCUT2D eigenvalue weighted by Gasteiger charge is 2.48. The van der Waals surface area contributed by atoms with Crippen LogP contribution in [0.2, 0.25) is 0 Å². The van der Waals surface area contributed by atoms with Crippen LogP contribution in [0.5, 0.6) is 5.75 Å². The second kappa shape index (κ2) is 5.59. The van der Waals surface area contributed by atoms with Crippen LogP contribution in [0.3, 0.4) is 0 Å². The summed E-state index contributed by atoms with van der Waals surface area (Å²) in [6.45, 7) is 0.292. The predicted octanol–water partition coefficient (Wildman–Crippen LogP) is 1.33. The van der Waals surface area contributed by atoms with Crippen LogP contribution in [-0.4, -0.2) is 32.7 Å². The highest BCUT2D eigenvalue weighted by molar-refractivity contribution is 7.88. The number of amides is 1. The van der Waals surface area contributed by atoms with Crippen molar-refractivity contribution in [1.29, 1.82) is 0 Å². The molecule has 10 heteroatoms. The lowest BCUT2D eigenvalue weighted by Crippen LogP contribution is -2.28. The van der Waals surface area contributed by atoms with Gasteiger partial charge >= 0.3 is 15.6 Å². The van der Waals surface area contributed by atoms with Crippen LogP contribution in [0.4, 0.5) is 13.2 Å². The van der Waals surface area contributed by atoms with Gasteiger partial charge in [0.15, 0.2) is 0 Å². The van der Waals surface area contributed by atoms with E-state index in [-0.39, 0.29) is 23.8 Å². The van der Waals surface area contributed by atoms with Crippen LogP contribution < -0.4 is 9.50 Å². The summed E-state index contributed by atoms with van der Waals surface area (Å²) in [5.41, 5.74) is -5.16. The Bertz CT molecular complexity index is 714. The number of alkyl halides is 3. The van der Waals surface area contributed by atoms with Crippen molar-refractivity contribution in [3.63, 3.8) is 0 Å². The van der Waals surface area contributed by atoms with Gasteiger partial charge in [0.05, 0.1) is 0 Å². The maximum Gasteiger partial charge on any atom is 0.534 e. The molecule has 1 atom stereocenters. The molecule has 22 heavy (non-hydrogen) atoms. The summed E-state index contributed by atoms with van der Waals surface area (Å²) in [5, 5.41) is 2.56. The molecule has 1 aliphatic rings. The maximum atomic E-state index is 12.2. The van der Waals surface area contributed by atoms with Crippen molar-refractivity contribution in [1.82, 2.24) is 5.32 Å². The van der Waals surface area contributed by atoms with E-state index in [2.05, 4.69) is 9.50 Å². The van der Waals surface area contributed by atoms with Crippen LogP contribution in [0.25, 0.3) is 0 Å². The van der Waals surface area contributed by atoms with E-state index in [1.165, 1.54) is 6.07 Å². The number of aldehydes is 1. The molecule has 1 fully saturated rings. The Kier molecular flexibility index (Phi) is 4.14. The zero-order valence-electron chi connectivity index (χ0n) is 10.9. The van der Waals surface area contributed by atoms with Gasteiger partial charge in [0.1, 0.15) is 12.0 Å². The fourth-order valence-corrected chi connectivity index (χ4v) is 2.53. The Morgan fingerprint density at radius 2 is 2.00 bits per heavy atom. The van der Waals surface area contributed by atoms with Crippen LogP contribution in [0.1, 0.15) is 28.3 Å². The third-order valence-electron chi connectivity index (χ3n) is 3.09. The first-order chi connectivity index (χ1) is 10.1. The van der Waals surface area contributed by atoms with E-state index in [0.29, 0.717) is 18.4 Å². The zero-order chi connectivity index (χ0) is 16.5. The van der Waals surface area contributed by atoms with Gasteiger partial charge in [-0.25, -0.2) is 0 Å². The first-order valence-corrected chi connectivity index (χ1v) is 7.41. The fourth-order valence-electron chi connectivity index (χ4n) is 2.08. The highest BCUT2D eigenvalue weighted by atomic mass is 32.2. The van der Waals surface area contributed by atoms with E-state index >= 15 is 0 Å². The van der Waals surface area contributed by atoms with E-state index < -0.39 is 21.4 Å². The SMILES string of the molecule is O=Cc1cc(OS(=O)(=O)C(F)(F)F)ccc1C1CNC(=O)C1. The minimum atomic E-state index is -5.80. The third-order valence-corrected chi connectivity index (χ3v) is 4.07. The quantitative estimate of drug-likeness (QED) is 0.509. The molecule has 120 valence electrons. The maximum absolute atomic E-state index is 12.2. The van der Waals surface area contributed by atoms with Crippen LogP contribution in [-0.2, 0) is 14.9 Å². The van der Waals surface area contributed by atoms with Crippen molar-refractivity contribution in [2.75, 3.05) is 6.54 Å². The van der Waals surface area contributed by atoms with Gasteiger partial charge in [0, 0.05) is 24.4 Å². The molecule has 0 aliphatic carbocycles. The van der Waals surface area contributed by atoms with E-state index in [0.717, 1.165) is 12.1 Å². The molecule has 1 amide bonds. The van der Waals surface area contributed by atoms with Crippen LogP contribution >= 0.6 is 0 Å². The van der Waals surface area contributed by atoms with Crippen molar-refractivity contribution in [3.05, 3.63) is 29.3 Å². The number of carbonyl (C=O) groups is 2. The third kappa shape index (κ3) is 3.21. The van der Waals surface area contributed by atoms with E-state index in [1.807, 2.05) is 0 Å². The molecule has 0 aromatic heterocycles. The standard InChI is InChI=1S/C12H10F3NO5S/c13-12(14,15)22(19,20)21-9-1-2-10(8(3-9)6-17)7-4-11(18)16-5-7/h1-3,6-7H,4-5H2,(H,16,18). The fraction of sp³-hybridized carbons (Fsp3) is 0.333. The lowest BCUT2D eigenvalue weighted by Gasteiger charge is -2.13. The summed E-state index contributed by atoms with van der Waals surface area (Å²) < 4.78 is 62.5. The first kappa shape index (κ1) is 16.3. The number of halogens is 3. The molecule has 6 nitrogen and oxygen atoms in total. The Hall–Kier alpha value is -2.10. The zero-order valence-corrected chi connectivity index (χ0v) is 11.7. The Morgan fingerprint density at radius 3 is 2.50 bits per heavy atom. The molecule has 1 unspecified atom stereocenters. The van der Waals surface area contributed by atoms with E-state index in [4.69, 9.17) is 0 Å². The smallest absolute Gasteiger partial charge is 0.376 e. The van der Waals surface area contributed by atoms with Gasteiger partial charge in [0.25, 0.3) is 0 Å². The molecular weight excluding hydrogens is 327 g/mol. The first-order valence-electron chi connectivity index (χ1n) is 6.00. The van der Waals surface area contributed by atoms with Gasteiger partial charge in [-0.2, -0.15) is 21.6 Å². The Labute approximate surface area is 123 Å². The molecule has 1 heterocycles. The van der Waals surface area contributed by atoms with E-state index in [9.17, 15) is 31.2 Å². The molecule has 1 aromatic carbocycles. The van der Waals surface area contributed by atoms with E-state index in [1.54, 1.807) is 0 Å². The number of hydrogen-bond acceptors (Lipinski definition) is 5. The Morgan fingerprint density at radius 1 is 1.32 bits per heavy atom. The molecule has 0 radical (unpaired) electrons. The summed E-state index contributed by atoms with van der Waals surface area (Å²) in [7, 11) is -5.80. The highest BCUT2D eigenvalue weighted by Crippen LogP contribution is 2.31. The molecule has 0 spiro atoms. The van der Waals surface area contributed by atoms with Gasteiger partial charge < -0.3 is 9.50 Å². The van der Waals surface area contributed by atoms with Gasteiger partial charge in [-0.3, -0.25) is 9.59 Å².